The van der Waals surface area contributed by atoms with E-state index < -0.39 is 35.6 Å². The minimum atomic E-state index is -1.13. The highest BCUT2D eigenvalue weighted by atomic mass is 16.6. The Kier molecular flexibility index (Phi) is 12.4. The number of nitrogens with one attached hydrogen (secondary N) is 2. The Morgan fingerprint density at radius 1 is 0.976 bits per heavy atom. The minimum absolute atomic E-state index is 0.0311. The molecule has 2 rings (SSSR count). The number of unbranched alkanes of at least 4 members (excludes halogenated alkanes) is 2. The highest BCUT2D eigenvalue weighted by molar-refractivity contribution is 5.99. The number of primary amides is 1. The molecule has 2 unspecified atom stereocenters. The fraction of sp³-hybridized carbons (Fsp3) is 0.500. The fourth-order valence-corrected chi connectivity index (χ4v) is 4.59. The van der Waals surface area contributed by atoms with Gasteiger partial charge in [-0.2, -0.15) is 0 Å². The Hall–Kier alpha value is -3.88. The Morgan fingerprint density at radius 3 is 2.24 bits per heavy atom. The molecule has 0 aliphatic carbocycles. The van der Waals surface area contributed by atoms with E-state index in [0.717, 1.165) is 29.5 Å². The number of anilines is 1. The summed E-state index contributed by atoms with van der Waals surface area (Å²) >= 11 is 0. The lowest BCUT2D eigenvalue weighted by Gasteiger charge is -2.35. The number of nitrogens with two attached hydrogens (primary N) is 1. The summed E-state index contributed by atoms with van der Waals surface area (Å²) in [6.45, 7) is 13.3. The zero-order valence-corrected chi connectivity index (χ0v) is 25.5. The number of carbonyl (C=O) groups is 4. The molecule has 9 nitrogen and oxygen atoms in total. The zero-order chi connectivity index (χ0) is 30.7. The number of benzene rings is 2. The molecule has 0 aromatic heterocycles. The summed E-state index contributed by atoms with van der Waals surface area (Å²) < 4.78 is 5.40. The van der Waals surface area contributed by atoms with E-state index in [1.54, 1.807) is 20.8 Å². The summed E-state index contributed by atoms with van der Waals surface area (Å²) in [6, 6.07) is 11.1. The second-order valence-electron chi connectivity index (χ2n) is 11.5. The third kappa shape index (κ3) is 10.6. The van der Waals surface area contributed by atoms with E-state index in [2.05, 4.69) is 17.6 Å². The molecule has 0 aliphatic rings. The maximum absolute atomic E-state index is 14.3. The maximum Gasteiger partial charge on any atom is 0.408 e. The van der Waals surface area contributed by atoms with Gasteiger partial charge >= 0.3 is 6.09 Å². The van der Waals surface area contributed by atoms with Crippen molar-refractivity contribution in [2.45, 2.75) is 98.3 Å². The smallest absolute Gasteiger partial charge is 0.408 e. The summed E-state index contributed by atoms with van der Waals surface area (Å²) in [5.41, 5.74) is 8.71. The van der Waals surface area contributed by atoms with Crippen molar-refractivity contribution in [3.8, 4) is 0 Å². The van der Waals surface area contributed by atoms with Crippen LogP contribution in [0.2, 0.25) is 0 Å². The van der Waals surface area contributed by atoms with Gasteiger partial charge in [-0.05, 0) is 77.1 Å². The van der Waals surface area contributed by atoms with Crippen LogP contribution < -0.4 is 16.4 Å². The molecular formula is C32H46N4O5. The number of alkyl carbamates (subject to hydrolysis) is 1. The molecule has 0 saturated heterocycles. The number of aryl methyl sites for hydroxylation is 3. The molecule has 41 heavy (non-hydrogen) atoms. The van der Waals surface area contributed by atoms with E-state index in [4.69, 9.17) is 10.5 Å². The fourth-order valence-electron chi connectivity index (χ4n) is 4.59. The van der Waals surface area contributed by atoms with Gasteiger partial charge in [-0.3, -0.25) is 14.4 Å². The van der Waals surface area contributed by atoms with E-state index in [1.165, 1.54) is 4.90 Å². The summed E-state index contributed by atoms with van der Waals surface area (Å²) in [6.07, 6.45) is 1.45. The predicted octanol–water partition coefficient (Wildman–Crippen LogP) is 5.47. The van der Waals surface area contributed by atoms with E-state index in [-0.39, 0.29) is 25.3 Å². The lowest BCUT2D eigenvalue weighted by Crippen LogP contribution is -2.53. The van der Waals surface area contributed by atoms with Crippen LogP contribution in [-0.4, -0.2) is 46.9 Å². The molecule has 4 amide bonds. The second kappa shape index (κ2) is 15.2. The van der Waals surface area contributed by atoms with Crippen LogP contribution in [0.5, 0.6) is 0 Å². The molecule has 2 atom stereocenters. The van der Waals surface area contributed by atoms with Crippen molar-refractivity contribution in [2.24, 2.45) is 5.73 Å². The second-order valence-corrected chi connectivity index (χ2v) is 11.5. The van der Waals surface area contributed by atoms with E-state index in [0.29, 0.717) is 17.7 Å². The number of para-hydroxylation sites is 1. The molecule has 0 aliphatic heterocycles. The topological polar surface area (TPSA) is 131 Å². The largest absolute Gasteiger partial charge is 0.444 e. The van der Waals surface area contributed by atoms with Crippen LogP contribution in [0.3, 0.4) is 0 Å². The predicted molar refractivity (Wildman–Crippen MR) is 161 cm³/mol. The number of amides is 4. The molecular weight excluding hydrogens is 520 g/mol. The average molecular weight is 567 g/mol. The van der Waals surface area contributed by atoms with Gasteiger partial charge in [-0.25, -0.2) is 4.79 Å². The van der Waals surface area contributed by atoms with Gasteiger partial charge in [0.15, 0.2) is 0 Å². The standard InChI is InChI=1S/C32H46N4O5/c1-8-9-12-19-36(30(39)26(17-18-27(33)37)35-31(40)41-32(5,6)7)28(24-16-15-21(2)20-23(24)4)29(38)34-25-14-11-10-13-22(25)3/h10-11,13-16,20,26,28H,8-9,12,17-19H2,1-7H3,(H2,33,37)(H,34,38)(H,35,40). The van der Waals surface area contributed by atoms with Gasteiger partial charge in [-0.15, -0.1) is 0 Å². The first-order chi connectivity index (χ1) is 19.2. The van der Waals surface area contributed by atoms with Crippen molar-refractivity contribution in [1.82, 2.24) is 10.2 Å². The van der Waals surface area contributed by atoms with Crippen molar-refractivity contribution in [1.29, 1.82) is 0 Å². The van der Waals surface area contributed by atoms with Gasteiger partial charge in [0.25, 0.3) is 5.91 Å². The van der Waals surface area contributed by atoms with Crippen LogP contribution in [0.4, 0.5) is 10.5 Å². The van der Waals surface area contributed by atoms with Crippen molar-refractivity contribution >= 4 is 29.5 Å². The first kappa shape index (κ1) is 33.3. The molecule has 2 aromatic rings. The van der Waals surface area contributed by atoms with Crippen molar-refractivity contribution in [2.75, 3.05) is 11.9 Å². The maximum atomic E-state index is 14.3. The Balaban J connectivity index is 2.60. The highest BCUT2D eigenvalue weighted by Gasteiger charge is 2.37. The lowest BCUT2D eigenvalue weighted by molar-refractivity contribution is -0.141. The SMILES string of the molecule is CCCCCN(C(=O)C(CCC(N)=O)NC(=O)OC(C)(C)C)C(C(=O)Nc1ccccc1C)c1ccc(C)cc1C. The van der Waals surface area contributed by atoms with Crippen molar-refractivity contribution in [3.05, 3.63) is 64.7 Å². The number of nitrogens with zero attached hydrogens (tertiary/aromatic N) is 1. The third-order valence-corrected chi connectivity index (χ3v) is 6.64. The van der Waals surface area contributed by atoms with Gasteiger partial charge in [-0.1, -0.05) is 61.7 Å². The molecule has 0 saturated carbocycles. The Bertz CT molecular complexity index is 1220. The lowest BCUT2D eigenvalue weighted by atomic mass is 9.95. The van der Waals surface area contributed by atoms with E-state index >= 15 is 0 Å². The third-order valence-electron chi connectivity index (χ3n) is 6.64. The number of hydrogen-bond donors (Lipinski definition) is 3. The van der Waals surface area contributed by atoms with Gasteiger partial charge in [0.1, 0.15) is 17.7 Å². The molecule has 0 radical (unpaired) electrons. The minimum Gasteiger partial charge on any atom is -0.444 e. The molecule has 9 heteroatoms. The van der Waals surface area contributed by atoms with Crippen LogP contribution in [-0.2, 0) is 19.1 Å². The van der Waals surface area contributed by atoms with Crippen LogP contribution in [0.25, 0.3) is 0 Å². The van der Waals surface area contributed by atoms with Crippen LogP contribution in [0.1, 0.15) is 88.1 Å². The zero-order valence-electron chi connectivity index (χ0n) is 25.5. The molecule has 0 spiro atoms. The number of carbonyl (C=O) groups excluding carboxylic acids is 4. The average Bonchev–Trinajstić information content (AvgIpc) is 2.86. The van der Waals surface area contributed by atoms with Gasteiger partial charge in [0, 0.05) is 18.7 Å². The van der Waals surface area contributed by atoms with Gasteiger partial charge in [0.2, 0.25) is 11.8 Å². The first-order valence-electron chi connectivity index (χ1n) is 14.3. The molecule has 224 valence electrons. The van der Waals surface area contributed by atoms with Gasteiger partial charge in [0.05, 0.1) is 0 Å². The summed E-state index contributed by atoms with van der Waals surface area (Å²) in [7, 11) is 0. The number of hydrogen-bond acceptors (Lipinski definition) is 5. The highest BCUT2D eigenvalue weighted by Crippen LogP contribution is 2.29. The molecule has 0 bridgehead atoms. The normalized spacial score (nSPS) is 12.7. The van der Waals surface area contributed by atoms with Crippen molar-refractivity contribution in [3.63, 3.8) is 0 Å². The van der Waals surface area contributed by atoms with E-state index in [9.17, 15) is 19.2 Å². The molecule has 2 aromatic carbocycles. The van der Waals surface area contributed by atoms with Gasteiger partial charge < -0.3 is 26.0 Å². The van der Waals surface area contributed by atoms with Crippen LogP contribution >= 0.6 is 0 Å². The van der Waals surface area contributed by atoms with Crippen LogP contribution in [0.15, 0.2) is 42.5 Å². The summed E-state index contributed by atoms with van der Waals surface area (Å²) in [5, 5.41) is 5.65. The van der Waals surface area contributed by atoms with Crippen LogP contribution in [0, 0.1) is 20.8 Å². The van der Waals surface area contributed by atoms with E-state index in [1.807, 2.05) is 63.2 Å². The monoisotopic (exact) mass is 566 g/mol. The molecule has 0 heterocycles. The molecule has 4 N–H and O–H groups in total. The summed E-state index contributed by atoms with van der Waals surface area (Å²) in [4.78, 5) is 54.3. The quantitative estimate of drug-likeness (QED) is 0.277. The number of rotatable bonds is 13. The summed E-state index contributed by atoms with van der Waals surface area (Å²) in [5.74, 6) is -1.46. The Labute approximate surface area is 244 Å². The Morgan fingerprint density at radius 2 is 1.66 bits per heavy atom. The molecule has 0 fully saturated rings. The van der Waals surface area contributed by atoms with Crippen molar-refractivity contribution < 1.29 is 23.9 Å². The number of ether oxygens (including phenoxy) is 1. The first-order valence-corrected chi connectivity index (χ1v) is 14.3.